The van der Waals surface area contributed by atoms with Gasteiger partial charge in [0.05, 0.1) is 12.7 Å². The summed E-state index contributed by atoms with van der Waals surface area (Å²) in [6.07, 6.45) is 0.112. The number of halogens is 3. The van der Waals surface area contributed by atoms with Crippen LogP contribution in [0.2, 0.25) is 10.0 Å². The van der Waals surface area contributed by atoms with E-state index < -0.39 is 0 Å². The van der Waals surface area contributed by atoms with Crippen molar-refractivity contribution in [1.29, 1.82) is 0 Å². The maximum absolute atomic E-state index is 6.13. The molecule has 3 nitrogen and oxygen atoms in total. The Balaban J connectivity index is 0.00000192. The van der Waals surface area contributed by atoms with E-state index >= 15 is 0 Å². The van der Waals surface area contributed by atoms with Crippen LogP contribution in [0.25, 0.3) is 0 Å². The first-order valence-corrected chi connectivity index (χ1v) is 7.97. The topological polar surface area (TPSA) is 30.5 Å². The van der Waals surface area contributed by atoms with E-state index in [9.17, 15) is 0 Å². The van der Waals surface area contributed by atoms with Gasteiger partial charge >= 0.3 is 0 Å². The summed E-state index contributed by atoms with van der Waals surface area (Å²) in [5, 5.41) is 4.55. The van der Waals surface area contributed by atoms with Crippen LogP contribution in [-0.4, -0.2) is 19.7 Å². The predicted molar refractivity (Wildman–Crippen MR) is 96.0 cm³/mol. The van der Waals surface area contributed by atoms with Crippen molar-refractivity contribution in [3.63, 3.8) is 0 Å². The third-order valence-corrected chi connectivity index (χ3v) is 4.33. The van der Waals surface area contributed by atoms with Crippen LogP contribution < -0.4 is 10.1 Å². The molecule has 23 heavy (non-hydrogen) atoms. The molecule has 6 heteroatoms. The molecule has 0 amide bonds. The van der Waals surface area contributed by atoms with E-state index in [1.54, 1.807) is 0 Å². The minimum absolute atomic E-state index is 0. The van der Waals surface area contributed by atoms with E-state index in [0.29, 0.717) is 16.7 Å². The van der Waals surface area contributed by atoms with Gasteiger partial charge < -0.3 is 14.8 Å². The Hall–Kier alpha value is -0.970. The van der Waals surface area contributed by atoms with Crippen molar-refractivity contribution in [2.45, 2.75) is 12.7 Å². The van der Waals surface area contributed by atoms with Crippen molar-refractivity contribution in [3.05, 3.63) is 63.6 Å². The summed E-state index contributed by atoms with van der Waals surface area (Å²) in [5.74, 6) is 0.781. The van der Waals surface area contributed by atoms with Gasteiger partial charge in [-0.15, -0.1) is 12.4 Å². The van der Waals surface area contributed by atoms with Gasteiger partial charge in [-0.2, -0.15) is 0 Å². The molecule has 0 aliphatic carbocycles. The lowest BCUT2D eigenvalue weighted by molar-refractivity contribution is 0.0277. The molecule has 0 radical (unpaired) electrons. The lowest BCUT2D eigenvalue weighted by Crippen LogP contribution is -2.33. The Morgan fingerprint density at radius 1 is 1.09 bits per heavy atom. The molecule has 2 aromatic carbocycles. The molecule has 1 N–H and O–H groups in total. The van der Waals surface area contributed by atoms with Gasteiger partial charge in [-0.3, -0.25) is 0 Å². The van der Waals surface area contributed by atoms with Crippen LogP contribution in [0, 0.1) is 0 Å². The molecule has 1 atom stereocenters. The van der Waals surface area contributed by atoms with Crippen molar-refractivity contribution in [3.8, 4) is 5.75 Å². The Kier molecular flexibility index (Phi) is 7.00. The van der Waals surface area contributed by atoms with E-state index in [2.05, 4.69) is 5.32 Å². The first-order chi connectivity index (χ1) is 10.7. The molecule has 1 fully saturated rings. The molecule has 1 aliphatic rings. The first kappa shape index (κ1) is 18.4. The highest BCUT2D eigenvalue weighted by atomic mass is 35.5. The van der Waals surface area contributed by atoms with Crippen LogP contribution in [0.1, 0.15) is 17.2 Å². The Morgan fingerprint density at radius 2 is 1.78 bits per heavy atom. The van der Waals surface area contributed by atoms with Gasteiger partial charge in [0, 0.05) is 28.7 Å². The van der Waals surface area contributed by atoms with Crippen LogP contribution in [0.3, 0.4) is 0 Å². The molecule has 2 aromatic rings. The highest BCUT2D eigenvalue weighted by Crippen LogP contribution is 2.27. The van der Waals surface area contributed by atoms with Crippen LogP contribution >= 0.6 is 35.6 Å². The zero-order valence-electron chi connectivity index (χ0n) is 12.4. The highest BCUT2D eigenvalue weighted by Gasteiger charge is 2.15. The molecule has 1 aliphatic heterocycles. The standard InChI is InChI=1S/C17H17Cl2NO2.ClH/c18-15-2-1-3-16(19)14(15)11-22-13-6-4-12(5-7-13)17-10-20-8-9-21-17;/h1-7,17,20H,8-11H2;1H. The number of benzene rings is 2. The fraction of sp³-hybridized carbons (Fsp3) is 0.294. The fourth-order valence-electron chi connectivity index (χ4n) is 2.38. The number of rotatable bonds is 4. The van der Waals surface area contributed by atoms with Gasteiger partial charge in [0.1, 0.15) is 12.4 Å². The number of ether oxygens (including phenoxy) is 2. The second kappa shape index (κ2) is 8.76. The van der Waals surface area contributed by atoms with Crippen molar-refractivity contribution >= 4 is 35.6 Å². The number of hydrogen-bond donors (Lipinski definition) is 1. The minimum atomic E-state index is 0. The molecule has 1 unspecified atom stereocenters. The number of hydrogen-bond acceptors (Lipinski definition) is 3. The third kappa shape index (κ3) is 4.75. The van der Waals surface area contributed by atoms with Crippen LogP contribution in [0.15, 0.2) is 42.5 Å². The highest BCUT2D eigenvalue weighted by molar-refractivity contribution is 6.35. The van der Waals surface area contributed by atoms with Crippen molar-refractivity contribution in [2.75, 3.05) is 19.7 Å². The SMILES string of the molecule is Cl.Clc1cccc(Cl)c1COc1ccc(C2CNCCO2)cc1. The van der Waals surface area contributed by atoms with Crippen LogP contribution in [0.4, 0.5) is 0 Å². The van der Waals surface area contributed by atoms with Crippen molar-refractivity contribution in [2.24, 2.45) is 0 Å². The van der Waals surface area contributed by atoms with Crippen LogP contribution in [0.5, 0.6) is 5.75 Å². The van der Waals surface area contributed by atoms with Gasteiger partial charge in [-0.25, -0.2) is 0 Å². The lowest BCUT2D eigenvalue weighted by Gasteiger charge is -2.24. The second-order valence-electron chi connectivity index (χ2n) is 5.12. The van der Waals surface area contributed by atoms with Crippen LogP contribution in [-0.2, 0) is 11.3 Å². The maximum Gasteiger partial charge on any atom is 0.119 e. The molecule has 3 rings (SSSR count). The molecule has 0 bridgehead atoms. The zero-order valence-corrected chi connectivity index (χ0v) is 14.8. The van der Waals surface area contributed by atoms with Gasteiger partial charge in [0.2, 0.25) is 0 Å². The largest absolute Gasteiger partial charge is 0.489 e. The first-order valence-electron chi connectivity index (χ1n) is 7.22. The minimum Gasteiger partial charge on any atom is -0.489 e. The second-order valence-corrected chi connectivity index (χ2v) is 5.94. The maximum atomic E-state index is 6.13. The summed E-state index contributed by atoms with van der Waals surface area (Å²) in [6, 6.07) is 13.4. The number of morpholine rings is 1. The smallest absolute Gasteiger partial charge is 0.119 e. The van der Waals surface area contributed by atoms with E-state index in [-0.39, 0.29) is 18.5 Å². The van der Waals surface area contributed by atoms with Gasteiger partial charge in [-0.05, 0) is 29.8 Å². The van der Waals surface area contributed by atoms with Gasteiger partial charge in [0.25, 0.3) is 0 Å². The number of nitrogens with one attached hydrogen (secondary N) is 1. The molecule has 1 heterocycles. The summed E-state index contributed by atoms with van der Waals surface area (Å²) in [5.41, 5.74) is 1.95. The lowest BCUT2D eigenvalue weighted by atomic mass is 10.1. The van der Waals surface area contributed by atoms with Crippen molar-refractivity contribution in [1.82, 2.24) is 5.32 Å². The summed E-state index contributed by atoms with van der Waals surface area (Å²) in [4.78, 5) is 0. The Bertz CT molecular complexity index is 608. The molecular formula is C17H18Cl3NO2. The van der Waals surface area contributed by atoms with E-state index in [1.165, 1.54) is 0 Å². The fourth-order valence-corrected chi connectivity index (χ4v) is 2.89. The quantitative estimate of drug-likeness (QED) is 0.844. The Labute approximate surface area is 152 Å². The normalized spacial score (nSPS) is 17.4. The van der Waals surface area contributed by atoms with Gasteiger partial charge in [0.15, 0.2) is 0 Å². The molecular weight excluding hydrogens is 357 g/mol. The van der Waals surface area contributed by atoms with E-state index in [4.69, 9.17) is 32.7 Å². The van der Waals surface area contributed by atoms with E-state index in [1.807, 2.05) is 42.5 Å². The average Bonchev–Trinajstić information content (AvgIpc) is 2.56. The van der Waals surface area contributed by atoms with Crippen molar-refractivity contribution < 1.29 is 9.47 Å². The summed E-state index contributed by atoms with van der Waals surface area (Å²) < 4.78 is 11.5. The van der Waals surface area contributed by atoms with E-state index in [0.717, 1.165) is 36.6 Å². The molecule has 1 saturated heterocycles. The average molecular weight is 375 g/mol. The summed E-state index contributed by atoms with van der Waals surface area (Å²) in [6.45, 7) is 2.85. The predicted octanol–water partition coefficient (Wildman–Crippen LogP) is 4.66. The third-order valence-electron chi connectivity index (χ3n) is 3.62. The zero-order chi connectivity index (χ0) is 15.4. The summed E-state index contributed by atoms with van der Waals surface area (Å²) in [7, 11) is 0. The molecule has 0 saturated carbocycles. The summed E-state index contributed by atoms with van der Waals surface area (Å²) >= 11 is 12.3. The molecule has 0 aromatic heterocycles. The van der Waals surface area contributed by atoms with Gasteiger partial charge in [-0.1, -0.05) is 41.4 Å². The molecule has 124 valence electrons. The molecule has 0 spiro atoms. The monoisotopic (exact) mass is 373 g/mol. The Morgan fingerprint density at radius 3 is 2.39 bits per heavy atom.